The van der Waals surface area contributed by atoms with E-state index in [0.29, 0.717) is 5.52 Å². The van der Waals surface area contributed by atoms with Crippen molar-refractivity contribution in [2.45, 2.75) is 71.5 Å². The first-order valence-corrected chi connectivity index (χ1v) is 12.8. The van der Waals surface area contributed by atoms with Gasteiger partial charge in [-0.25, -0.2) is 14.6 Å². The Labute approximate surface area is 214 Å². The first kappa shape index (κ1) is 30.0. The Morgan fingerprint density at radius 2 is 1.92 bits per heavy atom. The first-order chi connectivity index (χ1) is 17.3. The zero-order chi connectivity index (χ0) is 27.9. The summed E-state index contributed by atoms with van der Waals surface area (Å²) in [7, 11) is -3.05. The highest BCUT2D eigenvalue weighted by Gasteiger charge is 2.46. The number of ether oxygens (including phenoxy) is 3. The predicted octanol–water partition coefficient (Wildman–Crippen LogP) is 1.29. The van der Waals surface area contributed by atoms with E-state index >= 15 is 0 Å². The van der Waals surface area contributed by atoms with E-state index in [0.717, 1.165) is 0 Å². The topological polar surface area (TPSA) is 200 Å². The number of hydrogen-bond acceptors (Lipinski definition) is 12. The molecule has 0 saturated heterocycles. The van der Waals surface area contributed by atoms with E-state index < -0.39 is 56.5 Å². The molecular weight excluding hydrogens is 507 g/mol. The van der Waals surface area contributed by atoms with Crippen LogP contribution in [0.5, 0.6) is 0 Å². The van der Waals surface area contributed by atoms with Gasteiger partial charge in [-0.3, -0.25) is 14.2 Å². The summed E-state index contributed by atoms with van der Waals surface area (Å²) in [4.78, 5) is 28.4. The Bertz CT molecular complexity index is 1160. The molecule has 0 spiro atoms. The summed E-state index contributed by atoms with van der Waals surface area (Å²) < 4.78 is 34.9. The van der Waals surface area contributed by atoms with Crippen LogP contribution in [0.25, 0.3) is 5.52 Å². The van der Waals surface area contributed by atoms with Crippen molar-refractivity contribution in [1.29, 1.82) is 5.26 Å². The third-order valence-corrected chi connectivity index (χ3v) is 6.33. The molecule has 15 heteroatoms. The zero-order valence-corrected chi connectivity index (χ0v) is 22.5. The molecule has 2 rings (SSSR count). The van der Waals surface area contributed by atoms with Gasteiger partial charge < -0.3 is 29.6 Å². The van der Waals surface area contributed by atoms with E-state index in [4.69, 9.17) is 24.5 Å². The lowest BCUT2D eigenvalue weighted by atomic mass is 9.91. The number of rotatable bonds is 13. The van der Waals surface area contributed by atoms with Gasteiger partial charge >= 0.3 is 11.9 Å². The molecule has 5 atom stereocenters. The van der Waals surface area contributed by atoms with Crippen LogP contribution >= 0.6 is 8.18 Å². The van der Waals surface area contributed by atoms with Crippen LogP contribution in [0, 0.1) is 17.4 Å². The van der Waals surface area contributed by atoms with Crippen LogP contribution < -0.4 is 10.8 Å². The maximum Gasteiger partial charge on any atom is 0.323 e. The summed E-state index contributed by atoms with van der Waals surface area (Å²) in [5.74, 6) is -1.76. The number of carbonyl (C=O) groups excluding carboxylic acids is 2. The summed E-state index contributed by atoms with van der Waals surface area (Å²) in [6.07, 6.45) is -0.598. The zero-order valence-electron chi connectivity index (χ0n) is 21.5. The average molecular weight is 541 g/mol. The second-order valence-electron chi connectivity index (χ2n) is 9.02. The van der Waals surface area contributed by atoms with Gasteiger partial charge in [0.05, 0.1) is 24.3 Å². The molecule has 0 bridgehead atoms. The minimum atomic E-state index is -3.05. The minimum absolute atomic E-state index is 0.149. The number of fused-ring (bicyclic) bond motifs is 1. The molecule has 0 radical (unpaired) electrons. The van der Waals surface area contributed by atoms with Crippen LogP contribution in [0.3, 0.4) is 0 Å². The molecule has 2 aromatic heterocycles. The maximum absolute atomic E-state index is 12.6. The highest BCUT2D eigenvalue weighted by molar-refractivity contribution is 7.36. The highest BCUT2D eigenvalue weighted by Crippen LogP contribution is 2.33. The van der Waals surface area contributed by atoms with E-state index in [1.807, 2.05) is 0 Å². The third-order valence-electron chi connectivity index (χ3n) is 5.23. The third kappa shape index (κ3) is 7.62. The van der Waals surface area contributed by atoms with Crippen LogP contribution in [-0.4, -0.2) is 62.6 Å². The Morgan fingerprint density at radius 3 is 2.51 bits per heavy atom. The van der Waals surface area contributed by atoms with Crippen molar-refractivity contribution in [3.8, 4) is 6.26 Å². The molecule has 2 heterocycles. The summed E-state index contributed by atoms with van der Waals surface area (Å²) >= 11 is 0. The van der Waals surface area contributed by atoms with Crippen molar-refractivity contribution in [3.05, 3.63) is 24.2 Å². The molecule has 14 nitrogen and oxygen atoms in total. The molecule has 0 aliphatic rings. The number of esters is 2. The fourth-order valence-corrected chi connectivity index (χ4v) is 4.19. The van der Waals surface area contributed by atoms with E-state index in [-0.39, 0.29) is 17.6 Å². The fraction of sp³-hybridized carbons (Fsp3) is 0.591. The molecule has 0 saturated carbocycles. The number of carbonyl (C=O) groups is 2. The summed E-state index contributed by atoms with van der Waals surface area (Å²) in [6.45, 7) is 8.77. The van der Waals surface area contributed by atoms with Crippen LogP contribution in [0.15, 0.2) is 18.5 Å². The van der Waals surface area contributed by atoms with Crippen LogP contribution in [0.2, 0.25) is 0 Å². The second-order valence-corrected chi connectivity index (χ2v) is 10.2. The quantitative estimate of drug-likeness (QED) is 0.187. The molecule has 0 aromatic carbocycles. The van der Waals surface area contributed by atoms with Crippen molar-refractivity contribution in [3.63, 3.8) is 0 Å². The van der Waals surface area contributed by atoms with Crippen molar-refractivity contribution < 1.29 is 38.0 Å². The standard InChI is InChI=1S/C22H33N6O8P/c1-12(2)20(29)36-18(22(6,31)17-8-7-15-19(24)25-11-26-28(15)17)16(33-10-23)9-34-37(32)27-14(5)21(30)35-13(3)4/h7-8,11-14,16,18,31,37H,9H2,1-6H3,(H,27,32)(H2,24,25,26)/t14-,16+,18+,22-/m0/s1. The van der Waals surface area contributed by atoms with Gasteiger partial charge in [-0.1, -0.05) is 13.8 Å². The molecule has 204 valence electrons. The number of nitrogens with one attached hydrogen (secondary N) is 1. The van der Waals surface area contributed by atoms with Crippen LogP contribution in [-0.2, 0) is 38.5 Å². The van der Waals surface area contributed by atoms with E-state index in [9.17, 15) is 24.5 Å². The SMILES string of the molecule is CC(C)OC(=O)[C@H](C)N[PH](=O)OC[C@@H](OC#N)[C@@H](OC(=O)C(C)C)[C@@](C)(O)c1ccc2c(N)ncnn12. The summed E-state index contributed by atoms with van der Waals surface area (Å²) in [6, 6.07) is 2.13. The van der Waals surface area contributed by atoms with E-state index in [1.54, 1.807) is 33.8 Å². The van der Waals surface area contributed by atoms with Gasteiger partial charge in [0.25, 0.3) is 14.4 Å². The Balaban J connectivity index is 2.33. The number of nitriles is 1. The van der Waals surface area contributed by atoms with Gasteiger partial charge in [-0.15, -0.1) is 0 Å². The van der Waals surface area contributed by atoms with E-state index in [1.165, 1.54) is 37.0 Å². The van der Waals surface area contributed by atoms with Gasteiger partial charge in [0.2, 0.25) is 0 Å². The minimum Gasteiger partial charge on any atom is -0.462 e. The number of nitrogens with two attached hydrogens (primary N) is 1. The molecule has 0 aliphatic carbocycles. The Kier molecular flexibility index (Phi) is 10.4. The molecule has 2 aromatic rings. The molecular formula is C22H33N6O8P. The van der Waals surface area contributed by atoms with Gasteiger partial charge in [-0.05, 0) is 39.8 Å². The summed E-state index contributed by atoms with van der Waals surface area (Å²) in [5.41, 5.74) is 4.43. The molecule has 0 aliphatic heterocycles. The van der Waals surface area contributed by atoms with Crippen molar-refractivity contribution >= 4 is 31.5 Å². The molecule has 0 amide bonds. The monoisotopic (exact) mass is 540 g/mol. The van der Waals surface area contributed by atoms with Gasteiger partial charge in [0.1, 0.15) is 23.5 Å². The van der Waals surface area contributed by atoms with E-state index in [2.05, 4.69) is 15.2 Å². The lowest BCUT2D eigenvalue weighted by Gasteiger charge is -2.36. The molecule has 0 fully saturated rings. The Hall–Kier alpha value is -3.24. The Morgan fingerprint density at radius 1 is 1.24 bits per heavy atom. The van der Waals surface area contributed by atoms with Crippen molar-refractivity contribution in [1.82, 2.24) is 19.7 Å². The second kappa shape index (κ2) is 12.8. The lowest BCUT2D eigenvalue weighted by molar-refractivity contribution is -0.186. The number of aromatic nitrogens is 3. The van der Waals surface area contributed by atoms with Gasteiger partial charge in [0, 0.05) is 0 Å². The summed E-state index contributed by atoms with van der Waals surface area (Å²) in [5, 5.41) is 27.5. The smallest absolute Gasteiger partial charge is 0.323 e. The largest absolute Gasteiger partial charge is 0.462 e. The van der Waals surface area contributed by atoms with Crippen LogP contribution in [0.4, 0.5) is 5.82 Å². The maximum atomic E-state index is 12.6. The number of nitrogen functional groups attached to an aromatic ring is 1. The molecule has 1 unspecified atom stereocenters. The van der Waals surface area contributed by atoms with Crippen molar-refractivity contribution in [2.75, 3.05) is 12.3 Å². The highest BCUT2D eigenvalue weighted by atomic mass is 31.1. The average Bonchev–Trinajstić information content (AvgIpc) is 3.26. The lowest BCUT2D eigenvalue weighted by Crippen LogP contribution is -2.51. The first-order valence-electron chi connectivity index (χ1n) is 11.5. The predicted molar refractivity (Wildman–Crippen MR) is 131 cm³/mol. The van der Waals surface area contributed by atoms with Crippen molar-refractivity contribution in [2.24, 2.45) is 5.92 Å². The number of nitrogens with zero attached hydrogens (tertiary/aromatic N) is 4. The number of aliphatic hydroxyl groups is 1. The number of anilines is 1. The molecule has 37 heavy (non-hydrogen) atoms. The van der Waals surface area contributed by atoms with Gasteiger partial charge in [-0.2, -0.15) is 10.4 Å². The van der Waals surface area contributed by atoms with Crippen LogP contribution in [0.1, 0.15) is 47.2 Å². The normalized spacial score (nSPS) is 16.4. The molecule has 4 N–H and O–H groups in total. The van der Waals surface area contributed by atoms with Gasteiger partial charge in [0.15, 0.2) is 18.0 Å². The fourth-order valence-electron chi connectivity index (χ4n) is 3.32. The number of hydrogen-bond donors (Lipinski definition) is 3.